The lowest BCUT2D eigenvalue weighted by Crippen LogP contribution is -2.31. The van der Waals surface area contributed by atoms with E-state index in [0.29, 0.717) is 6.42 Å². The van der Waals surface area contributed by atoms with Crippen LogP contribution >= 0.6 is 0 Å². The molecule has 0 spiro atoms. The maximum absolute atomic E-state index is 12.8. The third kappa shape index (κ3) is 6.15. The minimum atomic E-state index is -4.51. The summed E-state index contributed by atoms with van der Waals surface area (Å²) < 4.78 is 38.3. The number of halogens is 3. The molecule has 2 aromatic carbocycles. The van der Waals surface area contributed by atoms with Gasteiger partial charge >= 0.3 is 6.18 Å². The number of likely N-dealkylation sites (tertiary alicyclic amines) is 1. The number of hydrogen-bond acceptors (Lipinski definition) is 3. The highest BCUT2D eigenvalue weighted by atomic mass is 19.4. The average molecular weight is 404 g/mol. The number of rotatable bonds is 7. The Balaban J connectivity index is 1.44. The third-order valence-electron chi connectivity index (χ3n) is 5.03. The molecule has 1 amide bonds. The number of amides is 1. The summed E-state index contributed by atoms with van der Waals surface area (Å²) >= 11 is 0. The van der Waals surface area contributed by atoms with E-state index in [1.807, 2.05) is 18.2 Å². The summed E-state index contributed by atoms with van der Waals surface area (Å²) in [4.78, 5) is 26.6. The second-order valence-corrected chi connectivity index (χ2v) is 7.38. The number of carbonyl (C=O) groups excluding carboxylic acids is 2. The van der Waals surface area contributed by atoms with Gasteiger partial charge in [0.15, 0.2) is 5.78 Å². The molecule has 154 valence electrons. The van der Waals surface area contributed by atoms with Gasteiger partial charge in [0.25, 0.3) is 5.91 Å². The van der Waals surface area contributed by atoms with Gasteiger partial charge in [0.1, 0.15) is 0 Å². The number of nitrogens with one attached hydrogen (secondary N) is 1. The summed E-state index contributed by atoms with van der Waals surface area (Å²) in [5.74, 6) is -0.560. The van der Waals surface area contributed by atoms with Crippen molar-refractivity contribution in [3.8, 4) is 0 Å². The minimum absolute atomic E-state index is 0.109. The van der Waals surface area contributed by atoms with E-state index in [9.17, 15) is 22.8 Å². The van der Waals surface area contributed by atoms with E-state index in [1.165, 1.54) is 17.7 Å². The normalized spacial score (nSPS) is 17.3. The van der Waals surface area contributed by atoms with E-state index < -0.39 is 17.6 Å². The zero-order valence-corrected chi connectivity index (χ0v) is 15.9. The highest BCUT2D eigenvalue weighted by Gasteiger charge is 2.31. The van der Waals surface area contributed by atoms with Crippen molar-refractivity contribution in [2.24, 2.45) is 5.92 Å². The predicted octanol–water partition coefficient (Wildman–Crippen LogP) is 3.92. The summed E-state index contributed by atoms with van der Waals surface area (Å²) in [6.07, 6.45) is -3.24. The van der Waals surface area contributed by atoms with E-state index >= 15 is 0 Å². The molecule has 29 heavy (non-hydrogen) atoms. The first-order valence-corrected chi connectivity index (χ1v) is 9.54. The summed E-state index contributed by atoms with van der Waals surface area (Å²) in [7, 11) is 0. The van der Waals surface area contributed by atoms with Crippen LogP contribution in [0.1, 0.15) is 34.3 Å². The van der Waals surface area contributed by atoms with E-state index in [0.717, 1.165) is 38.2 Å². The van der Waals surface area contributed by atoms with Crippen LogP contribution in [0.4, 0.5) is 13.2 Å². The number of benzene rings is 2. The average Bonchev–Trinajstić information content (AvgIpc) is 3.13. The van der Waals surface area contributed by atoms with Crippen molar-refractivity contribution in [1.29, 1.82) is 0 Å². The van der Waals surface area contributed by atoms with Crippen LogP contribution in [0, 0.1) is 5.92 Å². The molecule has 4 nitrogen and oxygen atoms in total. The molecule has 7 heteroatoms. The summed E-state index contributed by atoms with van der Waals surface area (Å²) in [5.41, 5.74) is 0.233. The van der Waals surface area contributed by atoms with Crippen molar-refractivity contribution in [2.45, 2.75) is 25.6 Å². The number of nitrogens with zero attached hydrogens (tertiary/aromatic N) is 1. The minimum Gasteiger partial charge on any atom is -0.345 e. The van der Waals surface area contributed by atoms with Crippen molar-refractivity contribution >= 4 is 11.7 Å². The molecule has 0 aromatic heterocycles. The molecular weight excluding hydrogens is 381 g/mol. The Hall–Kier alpha value is -2.67. The largest absolute Gasteiger partial charge is 0.416 e. The van der Waals surface area contributed by atoms with Gasteiger partial charge < -0.3 is 5.32 Å². The fraction of sp³-hybridized carbons (Fsp3) is 0.364. The number of alkyl halides is 3. The number of ketones is 1. The Kier molecular flexibility index (Phi) is 6.69. The summed E-state index contributed by atoms with van der Waals surface area (Å²) in [5, 5.41) is 2.43. The van der Waals surface area contributed by atoms with E-state index in [1.54, 1.807) is 0 Å². The van der Waals surface area contributed by atoms with E-state index in [2.05, 4.69) is 22.3 Å². The maximum Gasteiger partial charge on any atom is 0.416 e. The van der Waals surface area contributed by atoms with Crippen LogP contribution < -0.4 is 5.32 Å². The Morgan fingerprint density at radius 2 is 1.83 bits per heavy atom. The summed E-state index contributed by atoms with van der Waals surface area (Å²) in [6.45, 7) is 2.41. The van der Waals surface area contributed by atoms with Crippen LogP contribution in [0.15, 0.2) is 54.6 Å². The predicted molar refractivity (Wildman–Crippen MR) is 103 cm³/mol. The summed E-state index contributed by atoms with van der Waals surface area (Å²) in [6, 6.07) is 14.3. The maximum atomic E-state index is 12.8. The first-order chi connectivity index (χ1) is 13.8. The molecule has 1 heterocycles. The van der Waals surface area contributed by atoms with Gasteiger partial charge in [0, 0.05) is 25.1 Å². The van der Waals surface area contributed by atoms with Crippen molar-refractivity contribution in [1.82, 2.24) is 10.2 Å². The van der Waals surface area contributed by atoms with Crippen molar-refractivity contribution in [3.05, 3.63) is 71.3 Å². The molecular formula is C22H23F3N2O2. The topological polar surface area (TPSA) is 49.4 Å². The molecule has 0 bridgehead atoms. The van der Waals surface area contributed by atoms with Crippen molar-refractivity contribution in [2.75, 3.05) is 19.6 Å². The highest BCUT2D eigenvalue weighted by Crippen LogP contribution is 2.29. The second kappa shape index (κ2) is 9.22. The van der Waals surface area contributed by atoms with Crippen LogP contribution in [0.25, 0.3) is 0 Å². The number of carbonyl (C=O) groups is 2. The monoisotopic (exact) mass is 404 g/mol. The Labute approximate surface area is 167 Å². The molecule has 1 fully saturated rings. The molecule has 0 radical (unpaired) electrons. The van der Waals surface area contributed by atoms with Gasteiger partial charge in [-0.15, -0.1) is 0 Å². The Morgan fingerprint density at radius 3 is 2.55 bits per heavy atom. The van der Waals surface area contributed by atoms with Crippen LogP contribution in [-0.2, 0) is 17.5 Å². The second-order valence-electron chi connectivity index (χ2n) is 7.38. The smallest absolute Gasteiger partial charge is 0.345 e. The van der Waals surface area contributed by atoms with E-state index in [4.69, 9.17) is 0 Å². The van der Waals surface area contributed by atoms with Gasteiger partial charge in [-0.25, -0.2) is 0 Å². The molecule has 1 aliphatic rings. The van der Waals surface area contributed by atoms with Gasteiger partial charge in [0.05, 0.1) is 12.1 Å². The van der Waals surface area contributed by atoms with Crippen LogP contribution in [0.2, 0.25) is 0 Å². The molecule has 2 aromatic rings. The van der Waals surface area contributed by atoms with Crippen LogP contribution in [0.3, 0.4) is 0 Å². The zero-order chi connectivity index (χ0) is 20.9. The lowest BCUT2D eigenvalue weighted by atomic mass is 10.0. The van der Waals surface area contributed by atoms with Gasteiger partial charge in [-0.2, -0.15) is 13.2 Å². The van der Waals surface area contributed by atoms with Crippen molar-refractivity contribution in [3.63, 3.8) is 0 Å². The van der Waals surface area contributed by atoms with Crippen molar-refractivity contribution < 1.29 is 22.8 Å². The SMILES string of the molecule is O=C(CNC(=O)c1cccc(C(F)(F)F)c1)C[C@@H]1CCN(Cc2ccccc2)C1. The first kappa shape index (κ1) is 21.0. The molecule has 1 saturated heterocycles. The van der Waals surface area contributed by atoms with Gasteiger partial charge in [-0.3, -0.25) is 14.5 Å². The van der Waals surface area contributed by atoms with Gasteiger partial charge in [-0.1, -0.05) is 36.4 Å². The molecule has 0 saturated carbocycles. The third-order valence-corrected chi connectivity index (χ3v) is 5.03. The zero-order valence-electron chi connectivity index (χ0n) is 15.9. The number of Topliss-reactive ketones (excluding diaryl/α,β-unsaturated/α-hetero) is 1. The lowest BCUT2D eigenvalue weighted by Gasteiger charge is -2.16. The fourth-order valence-corrected chi connectivity index (χ4v) is 3.58. The Bertz CT molecular complexity index is 853. The Morgan fingerprint density at radius 1 is 1.07 bits per heavy atom. The van der Waals surface area contributed by atoms with Crippen LogP contribution in [0.5, 0.6) is 0 Å². The van der Waals surface area contributed by atoms with E-state index in [-0.39, 0.29) is 23.8 Å². The molecule has 0 aliphatic carbocycles. The lowest BCUT2D eigenvalue weighted by molar-refractivity contribution is -0.137. The number of hydrogen-bond donors (Lipinski definition) is 1. The molecule has 1 aliphatic heterocycles. The van der Waals surface area contributed by atoms with Gasteiger partial charge in [0.2, 0.25) is 0 Å². The molecule has 1 atom stereocenters. The molecule has 1 N–H and O–H groups in total. The quantitative estimate of drug-likeness (QED) is 0.761. The highest BCUT2D eigenvalue weighted by molar-refractivity contribution is 5.96. The van der Waals surface area contributed by atoms with Crippen LogP contribution in [-0.4, -0.2) is 36.2 Å². The molecule has 0 unspecified atom stereocenters. The first-order valence-electron chi connectivity index (χ1n) is 9.54. The molecule has 3 rings (SSSR count). The van der Waals surface area contributed by atoms with Gasteiger partial charge in [-0.05, 0) is 42.6 Å². The standard InChI is InChI=1S/C22H23F3N2O2/c23-22(24,25)19-8-4-7-18(12-19)21(29)26-13-20(28)11-17-9-10-27(15-17)14-16-5-2-1-3-6-16/h1-8,12,17H,9-11,13-15H2,(H,26,29)/t17-/m0/s1. The fourth-order valence-electron chi connectivity index (χ4n) is 3.58.